The van der Waals surface area contributed by atoms with Crippen molar-refractivity contribution in [2.24, 2.45) is 0 Å². The van der Waals surface area contributed by atoms with Crippen LogP contribution in [-0.2, 0) is 6.54 Å². The van der Waals surface area contributed by atoms with E-state index in [1.165, 1.54) is 22.1 Å². The second kappa shape index (κ2) is 3.49. The van der Waals surface area contributed by atoms with Gasteiger partial charge >= 0.3 is 5.69 Å². The predicted molar refractivity (Wildman–Crippen MR) is 49.7 cm³/mol. The number of rotatable bonds is 2. The zero-order chi connectivity index (χ0) is 9.10. The third-order valence-electron chi connectivity index (χ3n) is 1.57. The lowest BCUT2D eigenvalue weighted by atomic mass is 10.6. The molecule has 5 heteroatoms. The van der Waals surface area contributed by atoms with Crippen LogP contribution in [0.3, 0.4) is 0 Å². The molecule has 2 aromatic heterocycles. The molecular formula is C8H7N3OS. The van der Waals surface area contributed by atoms with Crippen LogP contribution in [0, 0.1) is 0 Å². The average Bonchev–Trinajstić information content (AvgIpc) is 2.61. The van der Waals surface area contributed by atoms with Crippen LogP contribution in [0.25, 0.3) is 0 Å². The Morgan fingerprint density at radius 3 is 3.00 bits per heavy atom. The Morgan fingerprint density at radius 2 is 2.31 bits per heavy atom. The van der Waals surface area contributed by atoms with E-state index < -0.39 is 0 Å². The zero-order valence-electron chi connectivity index (χ0n) is 6.75. The molecule has 0 amide bonds. The summed E-state index contributed by atoms with van der Waals surface area (Å²) in [6.45, 7) is 0.504. The van der Waals surface area contributed by atoms with Gasteiger partial charge in [-0.1, -0.05) is 0 Å². The number of hydrogen-bond donors (Lipinski definition) is 0. The molecule has 0 aliphatic rings. The molecule has 2 rings (SSSR count). The summed E-state index contributed by atoms with van der Waals surface area (Å²) in [5.74, 6) is 0. The van der Waals surface area contributed by atoms with E-state index in [1.807, 2.05) is 5.38 Å². The third kappa shape index (κ3) is 1.81. The van der Waals surface area contributed by atoms with Crippen LogP contribution >= 0.6 is 11.3 Å². The minimum Gasteiger partial charge on any atom is -0.292 e. The van der Waals surface area contributed by atoms with Crippen molar-refractivity contribution in [1.82, 2.24) is 14.5 Å². The van der Waals surface area contributed by atoms with Gasteiger partial charge in [-0.3, -0.25) is 4.57 Å². The van der Waals surface area contributed by atoms with E-state index in [2.05, 4.69) is 9.97 Å². The Hall–Kier alpha value is -1.49. The maximum absolute atomic E-state index is 11.2. The van der Waals surface area contributed by atoms with Crippen molar-refractivity contribution < 1.29 is 0 Å². The van der Waals surface area contributed by atoms with E-state index in [4.69, 9.17) is 0 Å². The summed E-state index contributed by atoms with van der Waals surface area (Å²) >= 11 is 1.53. The fourth-order valence-electron chi connectivity index (χ4n) is 0.984. The Morgan fingerprint density at radius 1 is 1.38 bits per heavy atom. The molecule has 0 saturated carbocycles. The zero-order valence-corrected chi connectivity index (χ0v) is 7.57. The van der Waals surface area contributed by atoms with Crippen molar-refractivity contribution in [2.45, 2.75) is 6.54 Å². The van der Waals surface area contributed by atoms with Crippen LogP contribution in [0.4, 0.5) is 0 Å². The maximum atomic E-state index is 11.2. The summed E-state index contributed by atoms with van der Waals surface area (Å²) in [5, 5.41) is 2.80. The van der Waals surface area contributed by atoms with Gasteiger partial charge in [0.25, 0.3) is 0 Å². The second-order valence-electron chi connectivity index (χ2n) is 2.46. The summed E-state index contributed by atoms with van der Waals surface area (Å²) in [5.41, 5.74) is -0.238. The average molecular weight is 193 g/mol. The minimum absolute atomic E-state index is 0.238. The molecular weight excluding hydrogens is 186 g/mol. The van der Waals surface area contributed by atoms with Crippen LogP contribution in [0.15, 0.2) is 34.8 Å². The quantitative estimate of drug-likeness (QED) is 0.707. The van der Waals surface area contributed by atoms with Crippen LogP contribution in [-0.4, -0.2) is 14.5 Å². The van der Waals surface area contributed by atoms with E-state index in [9.17, 15) is 4.79 Å². The molecule has 0 atom stereocenters. The fraction of sp³-hybridized carbons (Fsp3) is 0.125. The molecule has 0 radical (unpaired) electrons. The first kappa shape index (κ1) is 8.12. The summed E-state index contributed by atoms with van der Waals surface area (Å²) in [6.07, 6.45) is 4.92. The second-order valence-corrected chi connectivity index (χ2v) is 3.44. The number of thiazole rings is 1. The van der Waals surface area contributed by atoms with Crippen LogP contribution in [0.5, 0.6) is 0 Å². The molecule has 0 aliphatic carbocycles. The number of nitrogens with zero attached hydrogens (tertiary/aromatic N) is 3. The highest BCUT2D eigenvalue weighted by Crippen LogP contribution is 2.04. The van der Waals surface area contributed by atoms with Crippen molar-refractivity contribution >= 4 is 11.3 Å². The van der Waals surface area contributed by atoms with Crippen molar-refractivity contribution in [3.63, 3.8) is 0 Å². The standard InChI is InChI=1S/C8H7N3OS/c12-8-10-2-1-4-11(8)6-7-9-3-5-13-7/h1-5H,6H2. The van der Waals surface area contributed by atoms with E-state index in [0.717, 1.165) is 5.01 Å². The Balaban J connectivity index is 2.29. The lowest BCUT2D eigenvalue weighted by Gasteiger charge is -1.99. The van der Waals surface area contributed by atoms with Crippen LogP contribution in [0.1, 0.15) is 5.01 Å². The van der Waals surface area contributed by atoms with E-state index in [0.29, 0.717) is 6.54 Å². The van der Waals surface area contributed by atoms with Gasteiger partial charge in [0.15, 0.2) is 0 Å². The van der Waals surface area contributed by atoms with Gasteiger partial charge in [0.05, 0.1) is 6.54 Å². The lowest BCUT2D eigenvalue weighted by molar-refractivity contribution is 0.723. The Kier molecular flexibility index (Phi) is 2.18. The predicted octanol–water partition coefficient (Wildman–Crippen LogP) is 0.748. The smallest absolute Gasteiger partial charge is 0.292 e. The van der Waals surface area contributed by atoms with Crippen molar-refractivity contribution in [1.29, 1.82) is 0 Å². The molecule has 66 valence electrons. The van der Waals surface area contributed by atoms with Gasteiger partial charge < -0.3 is 0 Å². The van der Waals surface area contributed by atoms with E-state index in [-0.39, 0.29) is 5.69 Å². The Bertz CT molecular complexity index is 435. The molecule has 0 aliphatic heterocycles. The molecule has 4 nitrogen and oxygen atoms in total. The van der Waals surface area contributed by atoms with Gasteiger partial charge in [0.2, 0.25) is 0 Å². The van der Waals surface area contributed by atoms with Gasteiger partial charge in [-0.25, -0.2) is 14.8 Å². The molecule has 13 heavy (non-hydrogen) atoms. The van der Waals surface area contributed by atoms with E-state index in [1.54, 1.807) is 18.5 Å². The van der Waals surface area contributed by atoms with Gasteiger partial charge in [0.1, 0.15) is 5.01 Å². The number of aromatic nitrogens is 3. The highest BCUT2D eigenvalue weighted by molar-refractivity contribution is 7.09. The first-order valence-corrected chi connectivity index (χ1v) is 4.64. The van der Waals surface area contributed by atoms with Gasteiger partial charge in [-0.05, 0) is 6.07 Å². The highest BCUT2D eigenvalue weighted by Gasteiger charge is 1.98. The van der Waals surface area contributed by atoms with Crippen LogP contribution < -0.4 is 5.69 Å². The molecule has 0 spiro atoms. The molecule has 0 unspecified atom stereocenters. The first-order chi connectivity index (χ1) is 6.36. The van der Waals surface area contributed by atoms with Gasteiger partial charge in [0, 0.05) is 24.0 Å². The van der Waals surface area contributed by atoms with Crippen molar-refractivity contribution in [2.75, 3.05) is 0 Å². The van der Waals surface area contributed by atoms with Crippen molar-refractivity contribution in [3.8, 4) is 0 Å². The van der Waals surface area contributed by atoms with Crippen LogP contribution in [0.2, 0.25) is 0 Å². The molecule has 2 aromatic rings. The Labute approximate surface area is 78.5 Å². The SMILES string of the molecule is O=c1ncccn1Cc1nccs1. The normalized spacial score (nSPS) is 10.2. The molecule has 0 saturated heterocycles. The highest BCUT2D eigenvalue weighted by atomic mass is 32.1. The molecule has 0 N–H and O–H groups in total. The van der Waals surface area contributed by atoms with Crippen molar-refractivity contribution in [3.05, 3.63) is 45.5 Å². The van der Waals surface area contributed by atoms with E-state index >= 15 is 0 Å². The lowest BCUT2D eigenvalue weighted by Crippen LogP contribution is -2.21. The summed E-state index contributed by atoms with van der Waals surface area (Å²) in [4.78, 5) is 18.9. The largest absolute Gasteiger partial charge is 0.347 e. The topological polar surface area (TPSA) is 47.8 Å². The van der Waals surface area contributed by atoms with Gasteiger partial charge in [-0.15, -0.1) is 11.3 Å². The monoisotopic (exact) mass is 193 g/mol. The molecule has 2 heterocycles. The fourth-order valence-corrected chi connectivity index (χ4v) is 1.60. The molecule has 0 aromatic carbocycles. The third-order valence-corrected chi connectivity index (χ3v) is 2.34. The first-order valence-electron chi connectivity index (χ1n) is 3.76. The van der Waals surface area contributed by atoms with Gasteiger partial charge in [-0.2, -0.15) is 0 Å². The molecule has 0 fully saturated rings. The summed E-state index contributed by atoms with van der Waals surface area (Å²) in [7, 11) is 0. The number of hydrogen-bond acceptors (Lipinski definition) is 4. The maximum Gasteiger partial charge on any atom is 0.347 e. The molecule has 0 bridgehead atoms. The minimum atomic E-state index is -0.238. The summed E-state index contributed by atoms with van der Waals surface area (Å²) < 4.78 is 1.53. The summed E-state index contributed by atoms with van der Waals surface area (Å²) in [6, 6.07) is 1.73.